The van der Waals surface area contributed by atoms with Crippen LogP contribution in [-0.4, -0.2) is 11.8 Å². The minimum Gasteiger partial charge on any atom is -0.327 e. The van der Waals surface area contributed by atoms with Crippen LogP contribution in [0.2, 0.25) is 0 Å². The first-order valence-corrected chi connectivity index (χ1v) is 7.11. The van der Waals surface area contributed by atoms with E-state index in [1.807, 2.05) is 0 Å². The summed E-state index contributed by atoms with van der Waals surface area (Å²) < 4.78 is 39.6. The van der Waals surface area contributed by atoms with Crippen molar-refractivity contribution in [2.75, 3.05) is 5.75 Å². The van der Waals surface area contributed by atoms with E-state index in [2.05, 4.69) is 0 Å². The van der Waals surface area contributed by atoms with E-state index in [9.17, 15) is 13.2 Å². The number of thioether (sulfide) groups is 1. The predicted octanol–water partition coefficient (Wildman–Crippen LogP) is 3.77. The molecule has 20 heavy (non-hydrogen) atoms. The molecule has 0 aliphatic carbocycles. The van der Waals surface area contributed by atoms with Crippen LogP contribution in [-0.2, 0) is 6.42 Å². The van der Waals surface area contributed by atoms with Crippen LogP contribution in [0, 0.1) is 17.5 Å². The standard InChI is InChI=1S/C15H14F3NS/c16-11-4-2-5-13(8-11)20-9-12(19)7-10-3-1-6-14(17)15(10)18/h1-6,8,12H,7,9,19H2. The average Bonchev–Trinajstić information content (AvgIpc) is 2.42. The highest BCUT2D eigenvalue weighted by Gasteiger charge is 2.12. The summed E-state index contributed by atoms with van der Waals surface area (Å²) in [5.74, 6) is -1.52. The van der Waals surface area contributed by atoms with Crippen molar-refractivity contribution >= 4 is 11.8 Å². The Hall–Kier alpha value is -1.46. The van der Waals surface area contributed by atoms with Crippen LogP contribution >= 0.6 is 11.8 Å². The minimum atomic E-state index is -0.868. The molecule has 5 heteroatoms. The molecular weight excluding hydrogens is 283 g/mol. The summed E-state index contributed by atoms with van der Waals surface area (Å²) >= 11 is 1.39. The molecule has 2 aromatic carbocycles. The summed E-state index contributed by atoms with van der Waals surface area (Å²) in [5.41, 5.74) is 6.17. The second kappa shape index (κ2) is 6.81. The zero-order chi connectivity index (χ0) is 14.5. The van der Waals surface area contributed by atoms with Crippen LogP contribution in [0.5, 0.6) is 0 Å². The first kappa shape index (κ1) is 14.9. The molecule has 0 spiro atoms. The average molecular weight is 297 g/mol. The number of rotatable bonds is 5. The number of hydrogen-bond acceptors (Lipinski definition) is 2. The number of nitrogens with two attached hydrogens (primary N) is 1. The maximum atomic E-state index is 13.5. The Kier molecular flexibility index (Phi) is 5.09. The van der Waals surface area contributed by atoms with Gasteiger partial charge in [-0.3, -0.25) is 0 Å². The fourth-order valence-electron chi connectivity index (χ4n) is 1.81. The quantitative estimate of drug-likeness (QED) is 0.850. The first-order chi connectivity index (χ1) is 9.56. The predicted molar refractivity (Wildman–Crippen MR) is 75.2 cm³/mol. The molecule has 0 heterocycles. The molecular formula is C15H14F3NS. The van der Waals surface area contributed by atoms with E-state index in [1.165, 1.54) is 36.0 Å². The monoisotopic (exact) mass is 297 g/mol. The summed E-state index contributed by atoms with van der Waals surface area (Å²) in [6.07, 6.45) is 0.242. The highest BCUT2D eigenvalue weighted by atomic mass is 32.2. The molecule has 0 saturated carbocycles. The van der Waals surface area contributed by atoms with Crippen molar-refractivity contribution in [3.63, 3.8) is 0 Å². The van der Waals surface area contributed by atoms with E-state index in [4.69, 9.17) is 5.73 Å². The third-order valence-electron chi connectivity index (χ3n) is 2.77. The summed E-state index contributed by atoms with van der Waals surface area (Å²) in [5, 5.41) is 0. The lowest BCUT2D eigenvalue weighted by atomic mass is 10.1. The second-order valence-electron chi connectivity index (χ2n) is 4.45. The Balaban J connectivity index is 1.92. The van der Waals surface area contributed by atoms with Gasteiger partial charge in [0.2, 0.25) is 0 Å². The minimum absolute atomic E-state index is 0.242. The SMILES string of the molecule is NC(CSc1cccc(F)c1)Cc1cccc(F)c1F. The Bertz CT molecular complexity index is 589. The molecule has 0 aliphatic rings. The molecule has 2 rings (SSSR count). The van der Waals surface area contributed by atoms with Gasteiger partial charge in [0.1, 0.15) is 5.82 Å². The van der Waals surface area contributed by atoms with Crippen molar-refractivity contribution in [2.24, 2.45) is 5.73 Å². The molecule has 2 aromatic rings. The molecule has 0 aliphatic heterocycles. The summed E-state index contributed by atoms with van der Waals surface area (Å²) in [6.45, 7) is 0. The zero-order valence-electron chi connectivity index (χ0n) is 10.7. The fourth-order valence-corrected chi connectivity index (χ4v) is 2.70. The van der Waals surface area contributed by atoms with Gasteiger partial charge in [-0.25, -0.2) is 13.2 Å². The lowest BCUT2D eigenvalue weighted by Gasteiger charge is -2.12. The molecule has 1 nitrogen and oxygen atoms in total. The van der Waals surface area contributed by atoms with Crippen LogP contribution in [0.25, 0.3) is 0 Å². The lowest BCUT2D eigenvalue weighted by Crippen LogP contribution is -2.26. The van der Waals surface area contributed by atoms with Gasteiger partial charge in [-0.1, -0.05) is 18.2 Å². The van der Waals surface area contributed by atoms with Gasteiger partial charge in [0.05, 0.1) is 0 Å². The van der Waals surface area contributed by atoms with E-state index in [-0.39, 0.29) is 23.8 Å². The molecule has 0 bridgehead atoms. The van der Waals surface area contributed by atoms with Gasteiger partial charge in [-0.05, 0) is 36.2 Å². The maximum absolute atomic E-state index is 13.5. The summed E-state index contributed by atoms with van der Waals surface area (Å²) in [4.78, 5) is 0.764. The Labute approximate surface area is 120 Å². The van der Waals surface area contributed by atoms with Crippen molar-refractivity contribution in [1.29, 1.82) is 0 Å². The Morgan fingerprint density at radius 2 is 1.80 bits per heavy atom. The van der Waals surface area contributed by atoms with Gasteiger partial charge in [0.25, 0.3) is 0 Å². The van der Waals surface area contributed by atoms with Gasteiger partial charge in [0, 0.05) is 16.7 Å². The molecule has 0 aromatic heterocycles. The highest BCUT2D eigenvalue weighted by Crippen LogP contribution is 2.21. The fraction of sp³-hybridized carbons (Fsp3) is 0.200. The van der Waals surface area contributed by atoms with Crippen LogP contribution in [0.1, 0.15) is 5.56 Å². The van der Waals surface area contributed by atoms with Gasteiger partial charge >= 0.3 is 0 Å². The zero-order valence-corrected chi connectivity index (χ0v) is 11.5. The van der Waals surface area contributed by atoms with Crippen molar-refractivity contribution in [3.05, 3.63) is 65.5 Å². The highest BCUT2D eigenvalue weighted by molar-refractivity contribution is 7.99. The number of hydrogen-bond donors (Lipinski definition) is 1. The summed E-state index contributed by atoms with van der Waals surface area (Å²) in [7, 11) is 0. The topological polar surface area (TPSA) is 26.0 Å². The van der Waals surface area contributed by atoms with E-state index < -0.39 is 11.6 Å². The molecule has 0 saturated heterocycles. The van der Waals surface area contributed by atoms with Gasteiger partial charge in [0.15, 0.2) is 11.6 Å². The van der Waals surface area contributed by atoms with Crippen molar-refractivity contribution < 1.29 is 13.2 Å². The van der Waals surface area contributed by atoms with Crippen LogP contribution in [0.3, 0.4) is 0 Å². The van der Waals surface area contributed by atoms with Crippen molar-refractivity contribution in [2.45, 2.75) is 17.4 Å². The molecule has 0 radical (unpaired) electrons. The number of benzene rings is 2. The largest absolute Gasteiger partial charge is 0.327 e. The molecule has 0 amide bonds. The first-order valence-electron chi connectivity index (χ1n) is 6.13. The van der Waals surface area contributed by atoms with Crippen molar-refractivity contribution in [3.8, 4) is 0 Å². The second-order valence-corrected chi connectivity index (χ2v) is 5.54. The van der Waals surface area contributed by atoms with E-state index >= 15 is 0 Å². The Morgan fingerprint density at radius 1 is 1.05 bits per heavy atom. The van der Waals surface area contributed by atoms with Gasteiger partial charge in [-0.2, -0.15) is 0 Å². The number of halogens is 3. The smallest absolute Gasteiger partial charge is 0.162 e. The van der Waals surface area contributed by atoms with Gasteiger partial charge < -0.3 is 5.73 Å². The molecule has 106 valence electrons. The van der Waals surface area contributed by atoms with Crippen LogP contribution in [0.4, 0.5) is 13.2 Å². The summed E-state index contributed by atoms with van der Waals surface area (Å²) in [6, 6.07) is 9.90. The Morgan fingerprint density at radius 3 is 2.55 bits per heavy atom. The van der Waals surface area contributed by atoms with Crippen LogP contribution in [0.15, 0.2) is 47.4 Å². The molecule has 1 unspecified atom stereocenters. The van der Waals surface area contributed by atoms with E-state index in [0.717, 1.165) is 11.0 Å². The maximum Gasteiger partial charge on any atom is 0.162 e. The van der Waals surface area contributed by atoms with Crippen molar-refractivity contribution in [1.82, 2.24) is 0 Å². The van der Waals surface area contributed by atoms with E-state index in [1.54, 1.807) is 12.1 Å². The molecule has 2 N–H and O–H groups in total. The third-order valence-corrected chi connectivity index (χ3v) is 3.96. The third kappa shape index (κ3) is 4.02. The molecule has 1 atom stereocenters. The normalized spacial score (nSPS) is 12.4. The van der Waals surface area contributed by atoms with Crippen LogP contribution < -0.4 is 5.73 Å². The van der Waals surface area contributed by atoms with Gasteiger partial charge in [-0.15, -0.1) is 11.8 Å². The molecule has 0 fully saturated rings. The lowest BCUT2D eigenvalue weighted by molar-refractivity contribution is 0.495. The van der Waals surface area contributed by atoms with E-state index in [0.29, 0.717) is 5.75 Å².